The van der Waals surface area contributed by atoms with Crippen LogP contribution in [0.4, 0.5) is 17.6 Å². The minimum absolute atomic E-state index is 0.227. The van der Waals surface area contributed by atoms with Gasteiger partial charge < -0.3 is 15.8 Å². The van der Waals surface area contributed by atoms with Gasteiger partial charge in [-0.05, 0) is 42.3 Å². The summed E-state index contributed by atoms with van der Waals surface area (Å²) in [5.74, 6) is 1.37. The summed E-state index contributed by atoms with van der Waals surface area (Å²) >= 11 is 1.76. The smallest absolute Gasteiger partial charge is 0.232 e. The predicted molar refractivity (Wildman–Crippen MR) is 121 cm³/mol. The molecule has 30 heavy (non-hydrogen) atoms. The predicted octanol–water partition coefficient (Wildman–Crippen LogP) is 4.00. The number of hydrogen-bond acceptors (Lipinski definition) is 8. The molecule has 3 heterocycles. The van der Waals surface area contributed by atoms with Crippen LogP contribution in [-0.4, -0.2) is 39.1 Å². The number of aromatic nitrogens is 3. The number of hydrogen-bond donors (Lipinski definition) is 2. The van der Waals surface area contributed by atoms with Crippen LogP contribution in [-0.2, 0) is 24.2 Å². The number of aryl methyl sites for hydroxylation is 1. The largest absolute Gasteiger partial charge is 0.377 e. The van der Waals surface area contributed by atoms with E-state index in [9.17, 15) is 0 Å². The normalized spacial score (nSPS) is 16.3. The zero-order chi connectivity index (χ0) is 20.8. The Labute approximate surface area is 181 Å². The van der Waals surface area contributed by atoms with Crippen molar-refractivity contribution in [1.82, 2.24) is 19.9 Å². The average molecular weight is 425 g/mol. The van der Waals surface area contributed by atoms with E-state index in [-0.39, 0.29) is 12.1 Å². The third-order valence-corrected chi connectivity index (χ3v) is 6.02. The summed E-state index contributed by atoms with van der Waals surface area (Å²) in [4.78, 5) is 17.0. The van der Waals surface area contributed by atoms with E-state index in [4.69, 9.17) is 10.5 Å². The summed E-state index contributed by atoms with van der Waals surface area (Å²) < 4.78 is 5.86. The Bertz CT molecular complexity index is 943. The third-order valence-electron chi connectivity index (χ3n) is 5.15. The lowest BCUT2D eigenvalue weighted by Crippen LogP contribution is -2.32. The van der Waals surface area contributed by atoms with E-state index in [1.807, 2.05) is 18.2 Å². The molecule has 1 aliphatic heterocycles. The molecule has 1 saturated heterocycles. The van der Waals surface area contributed by atoms with Gasteiger partial charge in [0.05, 0.1) is 12.6 Å². The van der Waals surface area contributed by atoms with E-state index in [1.54, 1.807) is 11.3 Å². The van der Waals surface area contributed by atoms with Gasteiger partial charge in [0.25, 0.3) is 0 Å². The molecule has 8 heteroatoms. The van der Waals surface area contributed by atoms with Gasteiger partial charge >= 0.3 is 0 Å². The number of nitrogen functional groups attached to an aromatic ring is 1. The fourth-order valence-corrected chi connectivity index (χ4v) is 4.47. The Morgan fingerprint density at radius 1 is 1.17 bits per heavy atom. The van der Waals surface area contributed by atoms with Crippen LogP contribution in [0.3, 0.4) is 0 Å². The van der Waals surface area contributed by atoms with Crippen LogP contribution in [0, 0.1) is 0 Å². The highest BCUT2D eigenvalue weighted by molar-refractivity contribution is 7.09. The fraction of sp³-hybridized carbons (Fsp3) is 0.409. The number of ether oxygens (including phenoxy) is 1. The minimum Gasteiger partial charge on any atom is -0.377 e. The Kier molecular flexibility index (Phi) is 6.88. The Balaban J connectivity index is 1.51. The maximum atomic E-state index is 6.02. The summed E-state index contributed by atoms with van der Waals surface area (Å²) in [5, 5.41) is 5.42. The minimum atomic E-state index is 0.227. The first-order valence-corrected chi connectivity index (χ1v) is 11.3. The lowest BCUT2D eigenvalue weighted by Gasteiger charge is -2.24. The highest BCUT2D eigenvalue weighted by Gasteiger charge is 2.21. The van der Waals surface area contributed by atoms with Gasteiger partial charge in [-0.3, -0.25) is 4.90 Å². The van der Waals surface area contributed by atoms with Gasteiger partial charge in [-0.2, -0.15) is 15.0 Å². The summed E-state index contributed by atoms with van der Waals surface area (Å²) in [6.45, 7) is 5.26. The molecule has 1 aromatic carbocycles. The molecule has 2 aromatic heterocycles. The van der Waals surface area contributed by atoms with Crippen LogP contribution in [0.25, 0.3) is 0 Å². The molecule has 7 nitrogen and oxygen atoms in total. The van der Waals surface area contributed by atoms with Crippen LogP contribution in [0.1, 0.15) is 36.0 Å². The topological polar surface area (TPSA) is 89.2 Å². The summed E-state index contributed by atoms with van der Waals surface area (Å²) in [6, 6.07) is 12.4. The number of nitrogens with zero attached hydrogens (tertiary/aromatic N) is 4. The molecule has 3 N–H and O–H groups in total. The van der Waals surface area contributed by atoms with E-state index in [2.05, 4.69) is 55.7 Å². The van der Waals surface area contributed by atoms with Gasteiger partial charge in [-0.15, -0.1) is 11.3 Å². The molecule has 1 fully saturated rings. The molecule has 0 amide bonds. The van der Waals surface area contributed by atoms with Crippen LogP contribution in [0.15, 0.2) is 41.8 Å². The van der Waals surface area contributed by atoms with Crippen molar-refractivity contribution in [3.05, 3.63) is 58.0 Å². The van der Waals surface area contributed by atoms with Crippen molar-refractivity contribution in [1.29, 1.82) is 0 Å². The molecular weight excluding hydrogens is 396 g/mol. The van der Waals surface area contributed by atoms with Crippen molar-refractivity contribution in [2.24, 2.45) is 0 Å². The third kappa shape index (κ3) is 5.53. The van der Waals surface area contributed by atoms with Gasteiger partial charge in [0.15, 0.2) is 0 Å². The number of nitrogens with one attached hydrogen (secondary N) is 1. The van der Waals surface area contributed by atoms with Gasteiger partial charge in [-0.25, -0.2) is 0 Å². The highest BCUT2D eigenvalue weighted by atomic mass is 32.1. The first-order valence-electron chi connectivity index (χ1n) is 10.4. The maximum absolute atomic E-state index is 6.02. The molecule has 158 valence electrons. The van der Waals surface area contributed by atoms with Crippen molar-refractivity contribution in [3.8, 4) is 0 Å². The Morgan fingerprint density at radius 2 is 2.07 bits per heavy atom. The first kappa shape index (κ1) is 20.7. The molecule has 1 unspecified atom stereocenters. The van der Waals surface area contributed by atoms with Gasteiger partial charge in [0, 0.05) is 30.3 Å². The number of para-hydroxylation sites is 1. The van der Waals surface area contributed by atoms with E-state index in [0.29, 0.717) is 18.3 Å². The van der Waals surface area contributed by atoms with Gasteiger partial charge in [0.2, 0.25) is 11.9 Å². The van der Waals surface area contributed by atoms with Crippen molar-refractivity contribution in [3.63, 3.8) is 0 Å². The second kappa shape index (κ2) is 9.97. The lowest BCUT2D eigenvalue weighted by molar-refractivity contribution is 0.0674. The van der Waals surface area contributed by atoms with E-state index in [0.717, 1.165) is 44.6 Å². The average Bonchev–Trinajstić information content (AvgIpc) is 3.42. The zero-order valence-electron chi connectivity index (χ0n) is 17.3. The first-order chi connectivity index (χ1) is 14.7. The monoisotopic (exact) mass is 424 g/mol. The van der Waals surface area contributed by atoms with Crippen molar-refractivity contribution in [2.45, 2.75) is 45.4 Å². The van der Waals surface area contributed by atoms with Crippen LogP contribution in [0.5, 0.6) is 0 Å². The molecular formula is C22H28N6OS. The van der Waals surface area contributed by atoms with Crippen LogP contribution >= 0.6 is 11.3 Å². The highest BCUT2D eigenvalue weighted by Crippen LogP contribution is 2.21. The van der Waals surface area contributed by atoms with E-state index >= 15 is 0 Å². The number of benzene rings is 1. The van der Waals surface area contributed by atoms with Crippen LogP contribution < -0.4 is 11.1 Å². The van der Waals surface area contributed by atoms with E-state index in [1.165, 1.54) is 10.4 Å². The maximum Gasteiger partial charge on any atom is 0.232 e. The summed E-state index contributed by atoms with van der Waals surface area (Å²) in [5.41, 5.74) is 8.21. The van der Waals surface area contributed by atoms with E-state index < -0.39 is 0 Å². The quantitative estimate of drug-likeness (QED) is 0.536. The standard InChI is InChI=1S/C22H28N6OS/c1-2-16-7-3-4-10-19(16)24-22-26-20(25-21(23)27-22)15-28(13-17-8-5-11-29-17)14-18-9-6-12-30-18/h3-4,6-7,9-10,12,17H,2,5,8,11,13-15H2,1H3,(H3,23,24,25,26,27). The zero-order valence-corrected chi connectivity index (χ0v) is 18.1. The molecule has 3 aromatic rings. The van der Waals surface area contributed by atoms with Gasteiger partial charge in [-0.1, -0.05) is 31.2 Å². The molecule has 0 saturated carbocycles. The summed E-state index contributed by atoms with van der Waals surface area (Å²) in [7, 11) is 0. The molecule has 0 aliphatic carbocycles. The molecule has 1 aliphatic rings. The SMILES string of the molecule is CCc1ccccc1Nc1nc(N)nc(CN(Cc2cccs2)CC2CCCO2)n1. The molecule has 0 bridgehead atoms. The lowest BCUT2D eigenvalue weighted by atomic mass is 10.1. The molecule has 4 rings (SSSR count). The molecule has 1 atom stereocenters. The van der Waals surface area contributed by atoms with Crippen molar-refractivity contribution < 1.29 is 4.74 Å². The number of rotatable bonds is 9. The fourth-order valence-electron chi connectivity index (χ4n) is 3.72. The van der Waals surface area contributed by atoms with Gasteiger partial charge in [0.1, 0.15) is 5.82 Å². The number of nitrogens with two attached hydrogens (primary N) is 1. The number of thiophene rings is 1. The molecule has 0 radical (unpaired) electrons. The Morgan fingerprint density at radius 3 is 2.83 bits per heavy atom. The summed E-state index contributed by atoms with van der Waals surface area (Å²) in [6.07, 6.45) is 3.41. The Hall–Kier alpha value is -2.55. The van der Waals surface area contributed by atoms with Crippen molar-refractivity contribution in [2.75, 3.05) is 24.2 Å². The second-order valence-electron chi connectivity index (χ2n) is 7.45. The molecule has 0 spiro atoms. The second-order valence-corrected chi connectivity index (χ2v) is 8.49. The van der Waals surface area contributed by atoms with Crippen molar-refractivity contribution >= 4 is 28.9 Å². The number of anilines is 3. The van der Waals surface area contributed by atoms with Crippen LogP contribution in [0.2, 0.25) is 0 Å².